The average Bonchev–Trinajstić information content (AvgIpc) is 2.50. The van der Waals surface area contributed by atoms with Crippen molar-refractivity contribution in [2.45, 2.75) is 19.4 Å². The van der Waals surface area contributed by atoms with Gasteiger partial charge in [-0.2, -0.15) is 0 Å². The van der Waals surface area contributed by atoms with Crippen LogP contribution in [0.3, 0.4) is 0 Å². The summed E-state index contributed by atoms with van der Waals surface area (Å²) in [5, 5.41) is 6.96. The molecule has 2 aromatic carbocycles. The molecular weight excluding hydrogens is 319 g/mol. The number of hydrogen-bond donors (Lipinski definition) is 2. The van der Waals surface area contributed by atoms with E-state index in [1.54, 1.807) is 12.1 Å². The SMILES string of the molecule is CC(NC(=O)NCCc1ccc(Cl)cc1Cl)c1ccccc1. The normalized spacial score (nSPS) is 11.8. The van der Waals surface area contributed by atoms with Crippen LogP contribution >= 0.6 is 23.2 Å². The molecule has 0 saturated carbocycles. The molecule has 0 aliphatic rings. The van der Waals surface area contributed by atoms with Crippen LogP contribution in [0, 0.1) is 0 Å². The zero-order chi connectivity index (χ0) is 15.9. The Hall–Kier alpha value is -1.71. The van der Waals surface area contributed by atoms with Gasteiger partial charge in [0.05, 0.1) is 6.04 Å². The number of nitrogens with one attached hydrogen (secondary N) is 2. The molecule has 5 heteroatoms. The van der Waals surface area contributed by atoms with E-state index in [0.717, 1.165) is 11.1 Å². The number of urea groups is 1. The Bertz CT molecular complexity index is 632. The summed E-state index contributed by atoms with van der Waals surface area (Å²) in [6.45, 7) is 2.46. The number of rotatable bonds is 5. The number of amides is 2. The van der Waals surface area contributed by atoms with Crippen LogP contribution in [0.1, 0.15) is 24.1 Å². The van der Waals surface area contributed by atoms with Crippen LogP contribution in [-0.2, 0) is 6.42 Å². The first-order valence-electron chi connectivity index (χ1n) is 7.09. The lowest BCUT2D eigenvalue weighted by Gasteiger charge is -2.15. The summed E-state index contributed by atoms with van der Waals surface area (Å²) in [4.78, 5) is 11.9. The largest absolute Gasteiger partial charge is 0.338 e. The molecule has 2 rings (SSSR count). The van der Waals surface area contributed by atoms with E-state index in [0.29, 0.717) is 23.0 Å². The zero-order valence-corrected chi connectivity index (χ0v) is 13.8. The molecule has 0 aliphatic carbocycles. The smallest absolute Gasteiger partial charge is 0.315 e. The first kappa shape index (κ1) is 16.7. The van der Waals surface area contributed by atoms with Gasteiger partial charge in [-0.1, -0.05) is 59.6 Å². The molecule has 1 atom stereocenters. The molecule has 22 heavy (non-hydrogen) atoms. The summed E-state index contributed by atoms with van der Waals surface area (Å²) in [6, 6.07) is 15.0. The summed E-state index contributed by atoms with van der Waals surface area (Å²) >= 11 is 11.9. The maximum Gasteiger partial charge on any atom is 0.315 e. The van der Waals surface area contributed by atoms with E-state index in [2.05, 4.69) is 10.6 Å². The molecule has 1 unspecified atom stereocenters. The molecule has 2 N–H and O–H groups in total. The van der Waals surface area contributed by atoms with Crippen molar-refractivity contribution in [3.63, 3.8) is 0 Å². The monoisotopic (exact) mass is 336 g/mol. The maximum atomic E-state index is 11.9. The van der Waals surface area contributed by atoms with Gasteiger partial charge in [0, 0.05) is 16.6 Å². The summed E-state index contributed by atoms with van der Waals surface area (Å²) in [5.74, 6) is 0. The summed E-state index contributed by atoms with van der Waals surface area (Å²) in [5.41, 5.74) is 2.03. The first-order valence-corrected chi connectivity index (χ1v) is 7.85. The van der Waals surface area contributed by atoms with E-state index in [1.807, 2.05) is 43.3 Å². The van der Waals surface area contributed by atoms with Gasteiger partial charge in [0.1, 0.15) is 0 Å². The molecule has 2 amide bonds. The van der Waals surface area contributed by atoms with Gasteiger partial charge in [-0.25, -0.2) is 4.79 Å². The molecule has 0 fully saturated rings. The van der Waals surface area contributed by atoms with Crippen molar-refractivity contribution in [1.82, 2.24) is 10.6 Å². The Morgan fingerprint density at radius 1 is 1.14 bits per heavy atom. The highest BCUT2D eigenvalue weighted by Gasteiger charge is 2.08. The lowest BCUT2D eigenvalue weighted by molar-refractivity contribution is 0.238. The van der Waals surface area contributed by atoms with Gasteiger partial charge in [-0.15, -0.1) is 0 Å². The van der Waals surface area contributed by atoms with Gasteiger partial charge >= 0.3 is 6.03 Å². The van der Waals surface area contributed by atoms with Crippen molar-refractivity contribution in [2.75, 3.05) is 6.54 Å². The summed E-state index contributed by atoms with van der Waals surface area (Å²) < 4.78 is 0. The molecule has 3 nitrogen and oxygen atoms in total. The van der Waals surface area contributed by atoms with Crippen molar-refractivity contribution in [1.29, 1.82) is 0 Å². The van der Waals surface area contributed by atoms with Crippen LogP contribution in [-0.4, -0.2) is 12.6 Å². The Kier molecular flexibility index (Phi) is 6.10. The van der Waals surface area contributed by atoms with Gasteiger partial charge in [-0.3, -0.25) is 0 Å². The van der Waals surface area contributed by atoms with Gasteiger partial charge in [0.25, 0.3) is 0 Å². The van der Waals surface area contributed by atoms with Crippen LogP contribution in [0.5, 0.6) is 0 Å². The Labute approximate surface area is 140 Å². The van der Waals surface area contributed by atoms with Crippen LogP contribution < -0.4 is 10.6 Å². The molecule has 0 radical (unpaired) electrons. The van der Waals surface area contributed by atoms with E-state index in [4.69, 9.17) is 23.2 Å². The molecule has 0 aromatic heterocycles. The average molecular weight is 337 g/mol. The lowest BCUT2D eigenvalue weighted by atomic mass is 10.1. The van der Waals surface area contributed by atoms with Crippen molar-refractivity contribution in [3.8, 4) is 0 Å². The fraction of sp³-hybridized carbons (Fsp3) is 0.235. The highest BCUT2D eigenvalue weighted by Crippen LogP contribution is 2.21. The fourth-order valence-electron chi connectivity index (χ4n) is 2.11. The Morgan fingerprint density at radius 2 is 1.86 bits per heavy atom. The molecule has 2 aromatic rings. The zero-order valence-electron chi connectivity index (χ0n) is 12.3. The predicted octanol–water partition coefficient (Wildman–Crippen LogP) is 4.60. The first-order chi connectivity index (χ1) is 10.6. The molecular formula is C17H18Cl2N2O. The van der Waals surface area contributed by atoms with Crippen molar-refractivity contribution in [3.05, 3.63) is 69.7 Å². The number of halogens is 2. The quantitative estimate of drug-likeness (QED) is 0.823. The standard InChI is InChI=1S/C17H18Cl2N2O/c1-12(13-5-3-2-4-6-13)21-17(22)20-10-9-14-7-8-15(18)11-16(14)19/h2-8,11-12H,9-10H2,1H3,(H2,20,21,22). The summed E-state index contributed by atoms with van der Waals surface area (Å²) in [7, 11) is 0. The minimum Gasteiger partial charge on any atom is -0.338 e. The number of carbonyl (C=O) groups is 1. The molecule has 116 valence electrons. The molecule has 0 bridgehead atoms. The number of carbonyl (C=O) groups excluding carboxylic acids is 1. The molecule has 0 spiro atoms. The van der Waals surface area contributed by atoms with Crippen LogP contribution in [0.15, 0.2) is 48.5 Å². The topological polar surface area (TPSA) is 41.1 Å². The Morgan fingerprint density at radius 3 is 2.55 bits per heavy atom. The molecule has 0 saturated heterocycles. The van der Waals surface area contributed by atoms with Crippen LogP contribution in [0.4, 0.5) is 4.79 Å². The highest BCUT2D eigenvalue weighted by atomic mass is 35.5. The van der Waals surface area contributed by atoms with Gasteiger partial charge in [0.15, 0.2) is 0 Å². The minimum atomic E-state index is -0.193. The van der Waals surface area contributed by atoms with E-state index in [-0.39, 0.29) is 12.1 Å². The van der Waals surface area contributed by atoms with Crippen LogP contribution in [0.25, 0.3) is 0 Å². The van der Waals surface area contributed by atoms with Crippen molar-refractivity contribution in [2.24, 2.45) is 0 Å². The summed E-state index contributed by atoms with van der Waals surface area (Å²) in [6.07, 6.45) is 0.656. The van der Waals surface area contributed by atoms with E-state index in [9.17, 15) is 4.79 Å². The van der Waals surface area contributed by atoms with Gasteiger partial charge < -0.3 is 10.6 Å². The molecule has 0 aliphatic heterocycles. The third kappa shape index (κ3) is 4.93. The van der Waals surface area contributed by atoms with E-state index in [1.165, 1.54) is 0 Å². The number of benzene rings is 2. The third-order valence-electron chi connectivity index (χ3n) is 3.34. The highest BCUT2D eigenvalue weighted by molar-refractivity contribution is 6.35. The Balaban J connectivity index is 1.78. The second kappa shape index (κ2) is 8.06. The lowest BCUT2D eigenvalue weighted by Crippen LogP contribution is -2.38. The predicted molar refractivity (Wildman–Crippen MR) is 91.6 cm³/mol. The molecule has 0 heterocycles. The number of hydrogen-bond acceptors (Lipinski definition) is 1. The second-order valence-electron chi connectivity index (χ2n) is 5.02. The maximum absolute atomic E-state index is 11.9. The van der Waals surface area contributed by atoms with Gasteiger partial charge in [-0.05, 0) is 36.6 Å². The van der Waals surface area contributed by atoms with Crippen molar-refractivity contribution < 1.29 is 4.79 Å². The fourth-order valence-corrected chi connectivity index (χ4v) is 2.61. The van der Waals surface area contributed by atoms with E-state index >= 15 is 0 Å². The van der Waals surface area contributed by atoms with Crippen molar-refractivity contribution >= 4 is 29.2 Å². The minimum absolute atomic E-state index is 0.0414. The third-order valence-corrected chi connectivity index (χ3v) is 3.93. The van der Waals surface area contributed by atoms with Crippen LogP contribution in [0.2, 0.25) is 10.0 Å². The van der Waals surface area contributed by atoms with E-state index < -0.39 is 0 Å². The van der Waals surface area contributed by atoms with Gasteiger partial charge in [0.2, 0.25) is 0 Å². The second-order valence-corrected chi connectivity index (χ2v) is 5.86.